The lowest BCUT2D eigenvalue weighted by atomic mass is 10.1. The fourth-order valence-corrected chi connectivity index (χ4v) is 5.03. The SMILES string of the molecule is O=C(c1ccc(OCC(F)F)nc1)N1CCN(C(=O)[C@@H]2CCS(=O)(=O)C2)CC1. The summed E-state index contributed by atoms with van der Waals surface area (Å²) in [6.07, 6.45) is -0.984. The van der Waals surface area contributed by atoms with E-state index in [1.54, 1.807) is 9.80 Å². The number of sulfone groups is 1. The van der Waals surface area contributed by atoms with E-state index in [0.29, 0.717) is 38.2 Å². The maximum atomic E-state index is 12.5. The Morgan fingerprint density at radius 3 is 2.39 bits per heavy atom. The summed E-state index contributed by atoms with van der Waals surface area (Å²) in [5.41, 5.74) is 0.297. The second-order valence-corrected chi connectivity index (χ2v) is 9.03. The summed E-state index contributed by atoms with van der Waals surface area (Å²) in [5, 5.41) is 0. The van der Waals surface area contributed by atoms with Crippen LogP contribution in [0.1, 0.15) is 16.8 Å². The van der Waals surface area contributed by atoms with Gasteiger partial charge in [-0.1, -0.05) is 0 Å². The van der Waals surface area contributed by atoms with Gasteiger partial charge >= 0.3 is 0 Å². The zero-order valence-electron chi connectivity index (χ0n) is 15.1. The smallest absolute Gasteiger partial charge is 0.272 e. The third-order valence-electron chi connectivity index (χ3n) is 4.80. The predicted octanol–water partition coefficient (Wildman–Crippen LogP) is 0.445. The van der Waals surface area contributed by atoms with Gasteiger partial charge in [0.25, 0.3) is 12.3 Å². The summed E-state index contributed by atoms with van der Waals surface area (Å²) < 4.78 is 52.1. The van der Waals surface area contributed by atoms with Crippen LogP contribution in [0.15, 0.2) is 18.3 Å². The van der Waals surface area contributed by atoms with Crippen molar-refractivity contribution < 1.29 is 31.5 Å². The summed E-state index contributed by atoms with van der Waals surface area (Å²) in [6.45, 7) is 0.564. The first-order valence-electron chi connectivity index (χ1n) is 8.90. The summed E-state index contributed by atoms with van der Waals surface area (Å²) in [5.74, 6) is -0.975. The van der Waals surface area contributed by atoms with Gasteiger partial charge in [0.2, 0.25) is 11.8 Å². The highest BCUT2D eigenvalue weighted by Gasteiger charge is 2.36. The van der Waals surface area contributed by atoms with Gasteiger partial charge in [0.1, 0.15) is 0 Å². The Bertz CT molecular complexity index is 824. The number of aromatic nitrogens is 1. The third-order valence-corrected chi connectivity index (χ3v) is 6.57. The lowest BCUT2D eigenvalue weighted by molar-refractivity contribution is -0.136. The highest BCUT2D eigenvalue weighted by molar-refractivity contribution is 7.91. The number of amides is 2. The zero-order valence-corrected chi connectivity index (χ0v) is 15.9. The predicted molar refractivity (Wildman–Crippen MR) is 95.0 cm³/mol. The van der Waals surface area contributed by atoms with E-state index >= 15 is 0 Å². The van der Waals surface area contributed by atoms with Crippen LogP contribution >= 0.6 is 0 Å². The maximum Gasteiger partial charge on any atom is 0.272 e. The van der Waals surface area contributed by atoms with E-state index < -0.39 is 28.8 Å². The van der Waals surface area contributed by atoms with E-state index in [2.05, 4.69) is 4.98 Å². The van der Waals surface area contributed by atoms with E-state index in [1.165, 1.54) is 18.3 Å². The molecule has 0 unspecified atom stereocenters. The van der Waals surface area contributed by atoms with Gasteiger partial charge in [0, 0.05) is 38.4 Å². The van der Waals surface area contributed by atoms with Crippen molar-refractivity contribution in [3.63, 3.8) is 0 Å². The van der Waals surface area contributed by atoms with E-state index in [-0.39, 0.29) is 29.2 Å². The van der Waals surface area contributed by atoms with Crippen molar-refractivity contribution in [2.75, 3.05) is 44.3 Å². The Labute approximate surface area is 161 Å². The topological polar surface area (TPSA) is 96.9 Å². The Hall–Kier alpha value is -2.30. The molecule has 28 heavy (non-hydrogen) atoms. The van der Waals surface area contributed by atoms with Gasteiger partial charge in [-0.25, -0.2) is 22.2 Å². The Balaban J connectivity index is 1.51. The molecule has 3 rings (SSSR count). The average molecular weight is 417 g/mol. The van der Waals surface area contributed by atoms with Gasteiger partial charge in [-0.2, -0.15) is 0 Å². The van der Waals surface area contributed by atoms with Crippen molar-refractivity contribution in [3.05, 3.63) is 23.9 Å². The number of hydrogen-bond donors (Lipinski definition) is 0. The second kappa shape index (κ2) is 8.38. The number of halogens is 2. The van der Waals surface area contributed by atoms with Crippen LogP contribution in [0.3, 0.4) is 0 Å². The molecular weight excluding hydrogens is 396 g/mol. The van der Waals surface area contributed by atoms with Crippen molar-refractivity contribution in [2.45, 2.75) is 12.8 Å². The maximum absolute atomic E-state index is 12.5. The molecule has 2 amide bonds. The molecule has 0 radical (unpaired) electrons. The molecule has 1 atom stereocenters. The Morgan fingerprint density at radius 1 is 1.18 bits per heavy atom. The van der Waals surface area contributed by atoms with Crippen LogP contribution in [0.4, 0.5) is 8.78 Å². The molecule has 0 N–H and O–H groups in total. The normalized spacial score (nSPS) is 21.8. The number of alkyl halides is 2. The summed E-state index contributed by atoms with van der Waals surface area (Å²) in [7, 11) is -3.12. The average Bonchev–Trinajstić information content (AvgIpc) is 3.05. The minimum absolute atomic E-state index is 0.0128. The van der Waals surface area contributed by atoms with E-state index in [0.717, 1.165) is 0 Å². The molecular formula is C17H21F2N3O5S. The van der Waals surface area contributed by atoms with Crippen LogP contribution in [0.2, 0.25) is 0 Å². The highest BCUT2D eigenvalue weighted by Crippen LogP contribution is 2.22. The summed E-state index contributed by atoms with van der Waals surface area (Å²) >= 11 is 0. The third kappa shape index (κ3) is 4.94. The molecule has 2 aliphatic rings. The molecule has 8 nitrogen and oxygen atoms in total. The largest absolute Gasteiger partial charge is 0.472 e. The number of hydrogen-bond acceptors (Lipinski definition) is 6. The standard InChI is InChI=1S/C17H21F2N3O5S/c18-14(19)10-27-15-2-1-12(9-20-15)16(23)21-4-6-22(7-5-21)17(24)13-3-8-28(25,26)11-13/h1-2,9,13-14H,3-8,10-11H2/t13-/m1/s1. The van der Waals surface area contributed by atoms with Gasteiger partial charge in [0.05, 0.1) is 23.0 Å². The first-order chi connectivity index (χ1) is 13.2. The molecule has 0 saturated carbocycles. The fourth-order valence-electron chi connectivity index (χ4n) is 3.30. The van der Waals surface area contributed by atoms with Gasteiger partial charge in [-0.05, 0) is 12.5 Å². The van der Waals surface area contributed by atoms with Crippen LogP contribution in [0, 0.1) is 5.92 Å². The lowest BCUT2D eigenvalue weighted by Gasteiger charge is -2.35. The number of carbonyl (C=O) groups is 2. The van der Waals surface area contributed by atoms with Crippen molar-refractivity contribution >= 4 is 21.7 Å². The van der Waals surface area contributed by atoms with Gasteiger partial charge in [0.15, 0.2) is 16.4 Å². The number of piperazine rings is 1. The molecule has 0 aliphatic carbocycles. The summed E-state index contributed by atoms with van der Waals surface area (Å²) in [6, 6.07) is 2.81. The first kappa shape index (κ1) is 20.4. The fraction of sp³-hybridized carbons (Fsp3) is 0.588. The Morgan fingerprint density at radius 2 is 1.86 bits per heavy atom. The molecule has 2 fully saturated rings. The highest BCUT2D eigenvalue weighted by atomic mass is 32.2. The van der Waals surface area contributed by atoms with E-state index in [9.17, 15) is 26.8 Å². The van der Waals surface area contributed by atoms with Gasteiger partial charge in [-0.3, -0.25) is 9.59 Å². The molecule has 1 aromatic heterocycles. The van der Waals surface area contributed by atoms with Crippen molar-refractivity contribution in [1.82, 2.24) is 14.8 Å². The minimum atomic E-state index is -3.12. The number of nitrogens with zero attached hydrogens (tertiary/aromatic N) is 3. The molecule has 3 heterocycles. The van der Waals surface area contributed by atoms with Crippen molar-refractivity contribution in [1.29, 1.82) is 0 Å². The van der Waals surface area contributed by atoms with E-state index in [4.69, 9.17) is 4.74 Å². The lowest BCUT2D eigenvalue weighted by Crippen LogP contribution is -2.52. The van der Waals surface area contributed by atoms with Crippen molar-refractivity contribution in [3.8, 4) is 5.88 Å². The van der Waals surface area contributed by atoms with Crippen LogP contribution in [-0.2, 0) is 14.6 Å². The summed E-state index contributed by atoms with van der Waals surface area (Å²) in [4.78, 5) is 32.0. The Kier molecular flexibility index (Phi) is 6.11. The second-order valence-electron chi connectivity index (χ2n) is 6.80. The number of rotatable bonds is 5. The quantitative estimate of drug-likeness (QED) is 0.690. The molecule has 154 valence electrons. The monoisotopic (exact) mass is 417 g/mol. The van der Waals surface area contributed by atoms with Crippen LogP contribution in [0.25, 0.3) is 0 Å². The molecule has 0 bridgehead atoms. The minimum Gasteiger partial charge on any atom is -0.472 e. The van der Waals surface area contributed by atoms with E-state index in [1.807, 2.05) is 0 Å². The zero-order chi connectivity index (χ0) is 20.3. The number of pyridine rings is 1. The van der Waals surface area contributed by atoms with Crippen molar-refractivity contribution in [2.24, 2.45) is 5.92 Å². The first-order valence-corrected chi connectivity index (χ1v) is 10.7. The molecule has 2 saturated heterocycles. The molecule has 1 aromatic rings. The number of ether oxygens (including phenoxy) is 1. The molecule has 11 heteroatoms. The van der Waals surface area contributed by atoms with Crippen LogP contribution in [0.5, 0.6) is 5.88 Å². The number of carbonyl (C=O) groups excluding carboxylic acids is 2. The molecule has 2 aliphatic heterocycles. The van der Waals surface area contributed by atoms with Gasteiger partial charge < -0.3 is 14.5 Å². The van der Waals surface area contributed by atoms with Gasteiger partial charge in [-0.15, -0.1) is 0 Å². The molecule has 0 spiro atoms. The van der Waals surface area contributed by atoms with Crippen LogP contribution in [-0.4, -0.2) is 85.7 Å². The van der Waals surface area contributed by atoms with Crippen LogP contribution < -0.4 is 4.74 Å². The molecule has 0 aromatic carbocycles.